The monoisotopic (exact) mass is 482 g/mol. The summed E-state index contributed by atoms with van der Waals surface area (Å²) in [5, 5.41) is 33.3. The highest BCUT2D eigenvalue weighted by Crippen LogP contribution is 2.44. The molecule has 0 saturated carbocycles. The van der Waals surface area contributed by atoms with E-state index in [1.807, 2.05) is 36.5 Å². The first-order valence-electron chi connectivity index (χ1n) is 11.2. The summed E-state index contributed by atoms with van der Waals surface area (Å²) in [5.74, 6) is 0.238. The van der Waals surface area contributed by atoms with Crippen molar-refractivity contribution in [1.82, 2.24) is 9.58 Å². The molecular weight excluding hydrogens is 455 g/mol. The summed E-state index contributed by atoms with van der Waals surface area (Å²) in [4.78, 5) is 4.62. The number of ether oxygens (including phenoxy) is 2. The van der Waals surface area contributed by atoms with Gasteiger partial charge in [-0.05, 0) is 29.8 Å². The number of halogens is 1. The van der Waals surface area contributed by atoms with Crippen LogP contribution in [-0.4, -0.2) is 69.4 Å². The number of aromatic nitrogens is 1. The Bertz CT molecular complexity index is 1200. The number of fused-ring (bicyclic) bond motifs is 1. The number of nitrogens with one attached hydrogen (secondary N) is 1. The van der Waals surface area contributed by atoms with E-state index in [9.17, 15) is 19.7 Å². The van der Waals surface area contributed by atoms with Crippen LogP contribution in [0.15, 0.2) is 65.8 Å². The molecule has 4 atom stereocenters. The van der Waals surface area contributed by atoms with Crippen LogP contribution in [0.25, 0.3) is 11.1 Å². The van der Waals surface area contributed by atoms with Crippen molar-refractivity contribution in [2.45, 2.75) is 30.6 Å². The van der Waals surface area contributed by atoms with Crippen LogP contribution in [0.5, 0.6) is 0 Å². The van der Waals surface area contributed by atoms with Crippen LogP contribution in [0.2, 0.25) is 0 Å². The fourth-order valence-electron chi connectivity index (χ4n) is 4.62. The zero-order valence-corrected chi connectivity index (χ0v) is 19.1. The number of nitrogens with zero attached hydrogens (tertiary/aromatic N) is 3. The van der Waals surface area contributed by atoms with Crippen LogP contribution in [0.3, 0.4) is 0 Å². The van der Waals surface area contributed by atoms with Crippen molar-refractivity contribution in [3.8, 4) is 11.1 Å². The van der Waals surface area contributed by atoms with Crippen molar-refractivity contribution >= 4 is 17.8 Å². The van der Waals surface area contributed by atoms with Gasteiger partial charge in [-0.3, -0.25) is 10.4 Å². The lowest BCUT2D eigenvalue weighted by Crippen LogP contribution is -2.49. The molecule has 2 aromatic carbocycles. The predicted octanol–water partition coefficient (Wildman–Crippen LogP) is 2.42. The number of hydrogen-bond donors (Lipinski definition) is 4. The van der Waals surface area contributed by atoms with Crippen LogP contribution in [0.1, 0.15) is 11.8 Å². The molecule has 0 radical (unpaired) electrons. The molecule has 0 bridgehead atoms. The molecule has 0 aliphatic carbocycles. The SMILES string of the molecule is COC[C@]1(CO)O[C@@H](n2cc(-c3ccccc3)c3c2N=CN(Nc2ccc(F)cc2)C3)[C@@H](O)[C@H]1O. The molecule has 0 spiro atoms. The number of aliphatic hydroxyl groups is 3. The Hall–Kier alpha value is -3.28. The Balaban J connectivity index is 1.52. The summed E-state index contributed by atoms with van der Waals surface area (Å²) in [6.07, 6.45) is -0.238. The second-order valence-electron chi connectivity index (χ2n) is 8.71. The highest BCUT2D eigenvalue weighted by atomic mass is 19.1. The fourth-order valence-corrected chi connectivity index (χ4v) is 4.62. The van der Waals surface area contributed by atoms with Crippen LogP contribution >= 0.6 is 0 Å². The van der Waals surface area contributed by atoms with E-state index in [-0.39, 0.29) is 12.4 Å². The minimum atomic E-state index is -1.46. The zero-order valence-electron chi connectivity index (χ0n) is 19.1. The van der Waals surface area contributed by atoms with E-state index < -0.39 is 30.6 Å². The Kier molecular flexibility index (Phi) is 6.30. The van der Waals surface area contributed by atoms with Crippen LogP contribution in [0.4, 0.5) is 15.9 Å². The third-order valence-corrected chi connectivity index (χ3v) is 6.40. The van der Waals surface area contributed by atoms with Gasteiger partial charge >= 0.3 is 0 Å². The predicted molar refractivity (Wildman–Crippen MR) is 127 cm³/mol. The van der Waals surface area contributed by atoms with Gasteiger partial charge in [0, 0.05) is 24.4 Å². The molecular formula is C25H27FN4O5. The number of methoxy groups -OCH3 is 1. The third-order valence-electron chi connectivity index (χ3n) is 6.40. The Morgan fingerprint density at radius 2 is 1.91 bits per heavy atom. The number of aliphatic hydroxyl groups excluding tert-OH is 3. The quantitative estimate of drug-likeness (QED) is 0.409. The van der Waals surface area contributed by atoms with Gasteiger partial charge in [-0.25, -0.2) is 9.38 Å². The number of hydrazine groups is 1. The van der Waals surface area contributed by atoms with Crippen molar-refractivity contribution in [3.05, 3.63) is 72.2 Å². The van der Waals surface area contributed by atoms with E-state index in [0.717, 1.165) is 16.7 Å². The third kappa shape index (κ3) is 4.19. The van der Waals surface area contributed by atoms with Gasteiger partial charge in [0.15, 0.2) is 6.23 Å². The molecule has 0 amide bonds. The maximum absolute atomic E-state index is 13.3. The maximum atomic E-state index is 13.3. The van der Waals surface area contributed by atoms with Gasteiger partial charge in [0.25, 0.3) is 0 Å². The van der Waals surface area contributed by atoms with Crippen molar-refractivity contribution in [2.75, 3.05) is 25.7 Å². The van der Waals surface area contributed by atoms with E-state index in [1.165, 1.54) is 19.2 Å². The van der Waals surface area contributed by atoms with Crippen LogP contribution < -0.4 is 5.43 Å². The standard InChI is InChI=1S/C25H27FN4O5/c1-34-14-25(13-31)22(33)21(32)24(35-25)30-12-19(16-5-3-2-4-6-16)20-11-29(15-27-23(20)30)28-18-9-7-17(26)8-10-18/h2-10,12,15,21-22,24,28,31-33H,11,13-14H2,1H3/t21-,22+,24+,25-/m0/s1. The second kappa shape index (κ2) is 9.40. The summed E-state index contributed by atoms with van der Waals surface area (Å²) in [7, 11) is 1.44. The summed E-state index contributed by atoms with van der Waals surface area (Å²) in [5.41, 5.74) is 5.13. The molecule has 2 aliphatic heterocycles. The van der Waals surface area contributed by atoms with E-state index in [4.69, 9.17) is 9.47 Å². The number of aliphatic imine (C=N–C) groups is 1. The minimum absolute atomic E-state index is 0.0914. The van der Waals surface area contributed by atoms with E-state index in [0.29, 0.717) is 18.1 Å². The lowest BCUT2D eigenvalue weighted by Gasteiger charge is -2.29. The molecule has 10 heteroatoms. The molecule has 0 unspecified atom stereocenters. The Morgan fingerprint density at radius 1 is 1.17 bits per heavy atom. The summed E-state index contributed by atoms with van der Waals surface area (Å²) in [6.45, 7) is -0.197. The average molecular weight is 483 g/mol. The molecule has 4 N–H and O–H groups in total. The van der Waals surface area contributed by atoms with Crippen molar-refractivity contribution in [1.29, 1.82) is 0 Å². The maximum Gasteiger partial charge on any atom is 0.165 e. The van der Waals surface area contributed by atoms with Gasteiger partial charge in [-0.15, -0.1) is 0 Å². The lowest BCUT2D eigenvalue weighted by molar-refractivity contribution is -0.155. The zero-order chi connectivity index (χ0) is 24.6. The Labute approximate surface area is 201 Å². The topological polar surface area (TPSA) is 112 Å². The summed E-state index contributed by atoms with van der Waals surface area (Å²) in [6, 6.07) is 15.7. The van der Waals surface area contributed by atoms with Gasteiger partial charge in [-0.1, -0.05) is 30.3 Å². The normalized spacial score (nSPS) is 25.6. The van der Waals surface area contributed by atoms with Gasteiger partial charge in [0.1, 0.15) is 35.8 Å². The number of rotatable bonds is 7. The lowest BCUT2D eigenvalue weighted by atomic mass is 9.97. The highest BCUT2D eigenvalue weighted by molar-refractivity contribution is 5.77. The largest absolute Gasteiger partial charge is 0.393 e. The molecule has 3 aromatic rings. The molecule has 1 aromatic heterocycles. The van der Waals surface area contributed by atoms with Crippen molar-refractivity contribution < 1.29 is 29.2 Å². The van der Waals surface area contributed by atoms with Gasteiger partial charge in [0.05, 0.1) is 25.4 Å². The van der Waals surface area contributed by atoms with Crippen molar-refractivity contribution in [3.63, 3.8) is 0 Å². The Morgan fingerprint density at radius 3 is 2.60 bits per heavy atom. The molecule has 5 rings (SSSR count). The van der Waals surface area contributed by atoms with Gasteiger partial charge in [-0.2, -0.15) is 0 Å². The first-order valence-corrected chi connectivity index (χ1v) is 11.2. The number of benzene rings is 2. The summed E-state index contributed by atoms with van der Waals surface area (Å²) < 4.78 is 26.2. The minimum Gasteiger partial charge on any atom is -0.393 e. The van der Waals surface area contributed by atoms with E-state index in [2.05, 4.69) is 10.4 Å². The number of anilines is 1. The molecule has 1 fully saturated rings. The molecule has 184 valence electrons. The van der Waals surface area contributed by atoms with E-state index in [1.54, 1.807) is 28.0 Å². The van der Waals surface area contributed by atoms with Gasteiger partial charge < -0.3 is 29.4 Å². The fraction of sp³-hybridized carbons (Fsp3) is 0.320. The first-order chi connectivity index (χ1) is 17.0. The first kappa shape index (κ1) is 23.5. The molecule has 3 heterocycles. The van der Waals surface area contributed by atoms with Crippen LogP contribution in [0, 0.1) is 5.82 Å². The van der Waals surface area contributed by atoms with Gasteiger partial charge in [0.2, 0.25) is 0 Å². The molecule has 1 saturated heterocycles. The van der Waals surface area contributed by atoms with Crippen LogP contribution in [-0.2, 0) is 16.0 Å². The van der Waals surface area contributed by atoms with Crippen molar-refractivity contribution in [2.24, 2.45) is 4.99 Å². The molecule has 35 heavy (non-hydrogen) atoms. The van der Waals surface area contributed by atoms with E-state index >= 15 is 0 Å². The summed E-state index contributed by atoms with van der Waals surface area (Å²) >= 11 is 0. The molecule has 9 nitrogen and oxygen atoms in total. The highest BCUT2D eigenvalue weighted by Gasteiger charge is 2.55. The molecule has 2 aliphatic rings. The average Bonchev–Trinajstić information content (AvgIpc) is 3.37. The number of hydrogen-bond acceptors (Lipinski definition) is 8. The smallest absolute Gasteiger partial charge is 0.165 e. The second-order valence-corrected chi connectivity index (χ2v) is 8.71.